The van der Waals surface area contributed by atoms with Crippen LogP contribution in [0.1, 0.15) is 40.0 Å². The highest BCUT2D eigenvalue weighted by Crippen LogP contribution is 2.37. The van der Waals surface area contributed by atoms with Gasteiger partial charge < -0.3 is 14.4 Å². The van der Waals surface area contributed by atoms with E-state index in [9.17, 15) is 4.79 Å². The third kappa shape index (κ3) is 3.29. The Kier molecular flexibility index (Phi) is 4.11. The summed E-state index contributed by atoms with van der Waals surface area (Å²) in [6.45, 7) is 7.06. The Labute approximate surface area is 123 Å². The summed E-state index contributed by atoms with van der Waals surface area (Å²) in [5.74, 6) is 0. The van der Waals surface area contributed by atoms with Gasteiger partial charge in [-0.1, -0.05) is 22.6 Å². The van der Waals surface area contributed by atoms with Crippen LogP contribution in [0.2, 0.25) is 0 Å². The summed E-state index contributed by atoms with van der Waals surface area (Å²) >= 11 is 2.37. The third-order valence-electron chi connectivity index (χ3n) is 3.36. The van der Waals surface area contributed by atoms with E-state index in [1.807, 2.05) is 20.8 Å². The van der Waals surface area contributed by atoms with Crippen molar-refractivity contribution in [1.29, 1.82) is 0 Å². The van der Waals surface area contributed by atoms with Crippen molar-refractivity contribution in [2.75, 3.05) is 17.5 Å². The van der Waals surface area contributed by atoms with Crippen LogP contribution in [0.4, 0.5) is 4.79 Å². The molecule has 2 rings (SSSR count). The fourth-order valence-corrected chi connectivity index (χ4v) is 3.19. The van der Waals surface area contributed by atoms with Crippen LogP contribution in [-0.4, -0.2) is 45.8 Å². The average molecular weight is 367 g/mol. The molecule has 1 unspecified atom stereocenters. The molecule has 1 atom stereocenters. The summed E-state index contributed by atoms with van der Waals surface area (Å²) in [6, 6.07) is 0. The maximum atomic E-state index is 11.9. The van der Waals surface area contributed by atoms with Crippen LogP contribution in [0.25, 0.3) is 0 Å². The van der Waals surface area contributed by atoms with Crippen LogP contribution < -0.4 is 0 Å². The molecule has 0 radical (unpaired) electrons. The van der Waals surface area contributed by atoms with Gasteiger partial charge in [-0.2, -0.15) is 0 Å². The summed E-state index contributed by atoms with van der Waals surface area (Å²) in [7, 11) is 0. The number of carbonyl (C=O) groups is 1. The van der Waals surface area contributed by atoms with E-state index in [-0.39, 0.29) is 11.7 Å². The van der Waals surface area contributed by atoms with Gasteiger partial charge in [0.05, 0.1) is 19.2 Å². The molecule has 4 nitrogen and oxygen atoms in total. The summed E-state index contributed by atoms with van der Waals surface area (Å²) in [4.78, 5) is 13.6. The van der Waals surface area contributed by atoms with Crippen molar-refractivity contribution in [2.45, 2.75) is 57.3 Å². The molecule has 2 heterocycles. The molecule has 2 saturated heterocycles. The van der Waals surface area contributed by atoms with E-state index >= 15 is 0 Å². The normalized spacial score (nSPS) is 26.9. The van der Waals surface area contributed by atoms with Crippen molar-refractivity contribution in [3.63, 3.8) is 0 Å². The van der Waals surface area contributed by atoms with Gasteiger partial charge >= 0.3 is 6.09 Å². The van der Waals surface area contributed by atoms with Gasteiger partial charge in [-0.25, -0.2) is 4.79 Å². The second-order valence-electron chi connectivity index (χ2n) is 6.31. The highest BCUT2D eigenvalue weighted by Gasteiger charge is 2.49. The molecular formula is C13H22INO3. The molecule has 18 heavy (non-hydrogen) atoms. The Hall–Kier alpha value is -0.0400. The van der Waals surface area contributed by atoms with E-state index in [2.05, 4.69) is 22.6 Å². The number of carbonyl (C=O) groups excluding carboxylic acids is 1. The number of ether oxygens (including phenoxy) is 2. The highest BCUT2D eigenvalue weighted by atomic mass is 127. The first kappa shape index (κ1) is 14.4. The van der Waals surface area contributed by atoms with Crippen molar-refractivity contribution in [3.05, 3.63) is 0 Å². The Morgan fingerprint density at radius 1 is 1.50 bits per heavy atom. The second kappa shape index (κ2) is 5.15. The van der Waals surface area contributed by atoms with Gasteiger partial charge in [0.2, 0.25) is 0 Å². The van der Waals surface area contributed by atoms with E-state index in [1.54, 1.807) is 4.90 Å². The van der Waals surface area contributed by atoms with Crippen molar-refractivity contribution < 1.29 is 14.3 Å². The molecule has 0 aromatic carbocycles. The molecule has 0 saturated carbocycles. The Morgan fingerprint density at radius 3 is 2.72 bits per heavy atom. The molecule has 0 bridgehead atoms. The van der Waals surface area contributed by atoms with Crippen LogP contribution in [0.5, 0.6) is 0 Å². The lowest BCUT2D eigenvalue weighted by Crippen LogP contribution is -2.67. The predicted octanol–water partition coefficient (Wildman–Crippen LogP) is 2.98. The molecule has 2 aliphatic heterocycles. The number of likely N-dealkylation sites (tertiary alicyclic amines) is 1. The third-order valence-corrected chi connectivity index (χ3v) is 4.34. The van der Waals surface area contributed by atoms with Gasteiger partial charge in [-0.05, 0) is 40.0 Å². The average Bonchev–Trinajstić information content (AvgIpc) is 2.23. The van der Waals surface area contributed by atoms with Crippen molar-refractivity contribution >= 4 is 28.7 Å². The largest absolute Gasteiger partial charge is 0.444 e. The first-order valence-corrected chi connectivity index (χ1v) is 8.08. The lowest BCUT2D eigenvalue weighted by Gasteiger charge is -2.53. The zero-order valence-electron chi connectivity index (χ0n) is 11.4. The quantitative estimate of drug-likeness (QED) is 0.528. The van der Waals surface area contributed by atoms with Gasteiger partial charge in [-0.15, -0.1) is 0 Å². The highest BCUT2D eigenvalue weighted by molar-refractivity contribution is 14.1. The lowest BCUT2D eigenvalue weighted by molar-refractivity contribution is -0.186. The minimum Gasteiger partial charge on any atom is -0.444 e. The number of rotatable bonds is 1. The predicted molar refractivity (Wildman–Crippen MR) is 78.1 cm³/mol. The van der Waals surface area contributed by atoms with E-state index in [0.717, 1.165) is 17.3 Å². The first-order chi connectivity index (χ1) is 8.34. The van der Waals surface area contributed by atoms with Crippen LogP contribution in [0.15, 0.2) is 0 Å². The minimum atomic E-state index is -0.419. The number of hydrogen-bond acceptors (Lipinski definition) is 3. The molecule has 0 aliphatic carbocycles. The topological polar surface area (TPSA) is 38.8 Å². The van der Waals surface area contributed by atoms with Gasteiger partial charge in [-0.3, -0.25) is 0 Å². The Morgan fingerprint density at radius 2 is 2.17 bits per heavy atom. The molecule has 5 heteroatoms. The molecule has 0 aromatic rings. The van der Waals surface area contributed by atoms with Crippen molar-refractivity contribution in [2.24, 2.45) is 0 Å². The molecule has 2 fully saturated rings. The summed E-state index contributed by atoms with van der Waals surface area (Å²) in [5.41, 5.74) is -0.497. The maximum Gasteiger partial charge on any atom is 0.410 e. The van der Waals surface area contributed by atoms with E-state index < -0.39 is 5.60 Å². The van der Waals surface area contributed by atoms with Gasteiger partial charge in [0.15, 0.2) is 0 Å². The molecule has 1 spiro atoms. The van der Waals surface area contributed by atoms with Gasteiger partial charge in [0.1, 0.15) is 11.2 Å². The van der Waals surface area contributed by atoms with E-state index in [4.69, 9.17) is 9.47 Å². The Bertz CT molecular complexity index is 321. The fraction of sp³-hybridized carbons (Fsp3) is 0.923. The Balaban J connectivity index is 1.84. The molecular weight excluding hydrogens is 345 g/mol. The number of hydrogen-bond donors (Lipinski definition) is 0. The summed E-state index contributed by atoms with van der Waals surface area (Å²) in [5, 5.41) is 0. The van der Waals surface area contributed by atoms with Crippen molar-refractivity contribution in [3.8, 4) is 0 Å². The van der Waals surface area contributed by atoms with E-state index in [0.29, 0.717) is 19.2 Å². The molecule has 0 N–H and O–H groups in total. The maximum absolute atomic E-state index is 11.9. The first-order valence-electron chi connectivity index (χ1n) is 6.55. The monoisotopic (exact) mass is 367 g/mol. The SMILES string of the molecule is CC(C)(C)OC(=O)N1CC2(CCCC(CI)O2)C1. The lowest BCUT2D eigenvalue weighted by atomic mass is 9.85. The number of alkyl halides is 1. The van der Waals surface area contributed by atoms with Crippen LogP contribution >= 0.6 is 22.6 Å². The van der Waals surface area contributed by atoms with Crippen molar-refractivity contribution in [1.82, 2.24) is 4.90 Å². The molecule has 0 aromatic heterocycles. The molecule has 104 valence electrons. The molecule has 1 amide bonds. The standard InChI is InChI=1S/C13H22INO3/c1-12(2,3)18-11(16)15-8-13(9-15)6-4-5-10(7-14)17-13/h10H,4-9H2,1-3H3. The van der Waals surface area contributed by atoms with Crippen LogP contribution in [0, 0.1) is 0 Å². The van der Waals surface area contributed by atoms with Gasteiger partial charge in [0, 0.05) is 4.43 Å². The van der Waals surface area contributed by atoms with Crippen LogP contribution in [0.3, 0.4) is 0 Å². The minimum absolute atomic E-state index is 0.0784. The van der Waals surface area contributed by atoms with Gasteiger partial charge in [0.25, 0.3) is 0 Å². The summed E-state index contributed by atoms with van der Waals surface area (Å²) < 4.78 is 12.5. The number of halogens is 1. The number of amides is 1. The zero-order chi connectivity index (χ0) is 13.4. The smallest absolute Gasteiger partial charge is 0.410 e. The zero-order valence-corrected chi connectivity index (χ0v) is 13.5. The van der Waals surface area contributed by atoms with E-state index in [1.165, 1.54) is 6.42 Å². The summed E-state index contributed by atoms with van der Waals surface area (Å²) in [6.07, 6.45) is 3.57. The number of nitrogens with zero attached hydrogens (tertiary/aromatic N) is 1. The fourth-order valence-electron chi connectivity index (χ4n) is 2.57. The second-order valence-corrected chi connectivity index (χ2v) is 7.19. The molecule has 2 aliphatic rings. The van der Waals surface area contributed by atoms with Crippen LogP contribution in [-0.2, 0) is 9.47 Å².